The number of ether oxygens (including phenoxy) is 2. The number of fused-ring (bicyclic) bond motifs is 8. The quantitative estimate of drug-likeness (QED) is 0.335. The smallest absolute Gasteiger partial charge is 0.408 e. The highest BCUT2D eigenvalue weighted by Gasteiger charge is 2.67. The molecule has 6 aliphatic rings. The van der Waals surface area contributed by atoms with Gasteiger partial charge in [0.2, 0.25) is 34.1 Å². The SMILES string of the molecule is CC[C@@H]1[C@@H]2CN(C(=O)[C@H](C(C)(C)C)NC(=O)OC3CC(CCCC(F)(F)c4nc5ccccc5nc4O2)C3)[C@@H]1C(=O)N[C@]1(C(=O)NS(=O)(=O)C2CC2)C[C@H]1C(F)F. The van der Waals surface area contributed by atoms with E-state index in [1.165, 1.54) is 6.07 Å². The normalized spacial score (nSPS) is 31.8. The van der Waals surface area contributed by atoms with E-state index in [1.807, 2.05) is 4.72 Å². The molecule has 0 spiro atoms. The minimum absolute atomic E-state index is 0.0396. The third kappa shape index (κ3) is 8.09. The lowest BCUT2D eigenvalue weighted by atomic mass is 9.79. The van der Waals surface area contributed by atoms with Crippen molar-refractivity contribution in [1.82, 2.24) is 30.2 Å². The molecule has 3 aliphatic carbocycles. The summed E-state index contributed by atoms with van der Waals surface area (Å²) in [5.41, 5.74) is -3.59. The van der Waals surface area contributed by atoms with Crippen LogP contribution in [0.5, 0.6) is 5.88 Å². The number of aromatic nitrogens is 2. The van der Waals surface area contributed by atoms with Crippen LogP contribution in [0.4, 0.5) is 22.4 Å². The van der Waals surface area contributed by atoms with Crippen molar-refractivity contribution in [3.8, 4) is 5.88 Å². The Labute approximate surface area is 327 Å². The molecule has 6 atom stereocenters. The zero-order chi connectivity index (χ0) is 41.2. The number of carbonyl (C=O) groups excluding carboxylic acids is 4. The number of alkyl halides is 4. The molecule has 4 fully saturated rings. The van der Waals surface area contributed by atoms with Crippen LogP contribution < -0.4 is 20.1 Å². The molecule has 3 aliphatic heterocycles. The summed E-state index contributed by atoms with van der Waals surface area (Å²) in [5, 5.41) is 4.18. The lowest BCUT2D eigenvalue weighted by Gasteiger charge is -2.38. The van der Waals surface area contributed by atoms with E-state index in [0.717, 1.165) is 4.90 Å². The van der Waals surface area contributed by atoms with Crippen LogP contribution in [0.1, 0.15) is 91.2 Å². The molecular formula is C38H48F4N6O8S. The molecule has 57 heavy (non-hydrogen) atoms. The Morgan fingerprint density at radius 3 is 2.32 bits per heavy atom. The van der Waals surface area contributed by atoms with Gasteiger partial charge in [0, 0.05) is 12.3 Å². The summed E-state index contributed by atoms with van der Waals surface area (Å²) in [6, 6.07) is 3.51. The molecule has 3 saturated carbocycles. The lowest BCUT2D eigenvalue weighted by molar-refractivity contribution is -0.144. The van der Waals surface area contributed by atoms with Crippen LogP contribution in [-0.2, 0) is 35.1 Å². The number of halogens is 4. The van der Waals surface area contributed by atoms with Crippen molar-refractivity contribution < 1.29 is 54.6 Å². The number of hydrogen-bond acceptors (Lipinski definition) is 10. The minimum atomic E-state index is -4.20. The number of nitrogens with zero attached hydrogens (tertiary/aromatic N) is 3. The second-order valence-electron chi connectivity index (χ2n) is 17.2. The van der Waals surface area contributed by atoms with Crippen LogP contribution >= 0.6 is 0 Å². The van der Waals surface area contributed by atoms with Crippen molar-refractivity contribution >= 4 is 44.9 Å². The van der Waals surface area contributed by atoms with Gasteiger partial charge >= 0.3 is 6.09 Å². The maximum absolute atomic E-state index is 16.2. The standard InChI is InChI=1S/C38H48F4N6O8S/c1-5-22-26-18-48(27(22)31(49)46-37(17-23(37)30(39)40)34(51)47-57(53,54)21-12-13-21)33(50)29(36(2,3)4)45-35(52)55-20-15-19(16-20)9-8-14-38(41,42)28-32(56-26)44-25-11-7-6-10-24(25)43-28/h6-7,10-11,19-23,26-27,29-30H,5,8-9,12-18H2,1-4H3,(H,45,52)(H,46,49)(H,47,51)/t19?,20?,22-,23+,26+,27+,29-,37-/m1/s1. The van der Waals surface area contributed by atoms with Crippen molar-refractivity contribution in [2.24, 2.45) is 23.2 Å². The van der Waals surface area contributed by atoms with Crippen LogP contribution in [-0.4, -0.2) is 95.2 Å². The van der Waals surface area contributed by atoms with Crippen molar-refractivity contribution in [2.45, 2.75) is 133 Å². The summed E-state index contributed by atoms with van der Waals surface area (Å²) < 4.78 is 100. The first kappa shape index (κ1) is 40.9. The van der Waals surface area contributed by atoms with Crippen molar-refractivity contribution in [3.05, 3.63) is 30.0 Å². The van der Waals surface area contributed by atoms with Gasteiger partial charge in [-0.05, 0) is 74.8 Å². The highest BCUT2D eigenvalue weighted by atomic mass is 32.2. The molecule has 1 saturated heterocycles. The fraction of sp³-hybridized carbons (Fsp3) is 0.684. The monoisotopic (exact) mass is 824 g/mol. The van der Waals surface area contributed by atoms with Crippen molar-refractivity contribution in [3.63, 3.8) is 0 Å². The summed E-state index contributed by atoms with van der Waals surface area (Å²) in [6.45, 7) is 6.27. The molecule has 2 aromatic rings. The van der Waals surface area contributed by atoms with Gasteiger partial charge in [0.25, 0.3) is 11.8 Å². The average Bonchev–Trinajstić information content (AvgIpc) is 4.04. The number of benzene rings is 1. The molecule has 4 heterocycles. The predicted molar refractivity (Wildman–Crippen MR) is 195 cm³/mol. The van der Waals surface area contributed by atoms with Gasteiger partial charge in [0.05, 0.1) is 28.7 Å². The topological polar surface area (TPSA) is 186 Å². The minimum Gasteiger partial charge on any atom is -0.471 e. The summed E-state index contributed by atoms with van der Waals surface area (Å²) in [5.74, 6) is -9.91. The second-order valence-corrected chi connectivity index (χ2v) is 19.2. The average molecular weight is 825 g/mol. The number of alkyl carbamates (subject to hydrolysis) is 1. The van der Waals surface area contributed by atoms with Gasteiger partial charge in [-0.2, -0.15) is 8.78 Å². The maximum Gasteiger partial charge on any atom is 0.408 e. The highest BCUT2D eigenvalue weighted by molar-refractivity contribution is 7.91. The lowest BCUT2D eigenvalue weighted by Crippen LogP contribution is -2.61. The maximum atomic E-state index is 16.2. The Bertz CT molecular complexity index is 2040. The molecule has 312 valence electrons. The zero-order valence-electron chi connectivity index (χ0n) is 32.1. The largest absolute Gasteiger partial charge is 0.471 e. The van der Waals surface area contributed by atoms with Crippen LogP contribution in [0.2, 0.25) is 0 Å². The Kier molecular flexibility index (Phi) is 10.6. The molecule has 14 nitrogen and oxygen atoms in total. The molecule has 4 bridgehead atoms. The molecule has 1 aromatic heterocycles. The molecule has 19 heteroatoms. The van der Waals surface area contributed by atoms with Crippen LogP contribution in [0.25, 0.3) is 11.0 Å². The molecule has 4 amide bonds. The first-order chi connectivity index (χ1) is 26.7. The first-order valence-corrected chi connectivity index (χ1v) is 21.0. The van der Waals surface area contributed by atoms with Gasteiger partial charge in [0.15, 0.2) is 5.69 Å². The van der Waals surface area contributed by atoms with Gasteiger partial charge in [-0.3, -0.25) is 19.1 Å². The van der Waals surface area contributed by atoms with E-state index in [-0.39, 0.29) is 42.6 Å². The third-order valence-electron chi connectivity index (χ3n) is 12.0. The number of hydrogen-bond donors (Lipinski definition) is 3. The molecular weight excluding hydrogens is 777 g/mol. The Morgan fingerprint density at radius 1 is 1.05 bits per heavy atom. The van der Waals surface area contributed by atoms with E-state index in [2.05, 4.69) is 20.6 Å². The molecule has 8 rings (SSSR count). The van der Waals surface area contributed by atoms with E-state index < -0.39 is 129 Å². The summed E-state index contributed by atoms with van der Waals surface area (Å²) in [7, 11) is -4.20. The Hall–Kier alpha value is -4.29. The van der Waals surface area contributed by atoms with E-state index in [1.54, 1.807) is 45.9 Å². The zero-order valence-corrected chi connectivity index (χ0v) is 32.9. The number of amides is 4. The van der Waals surface area contributed by atoms with Crippen molar-refractivity contribution in [1.29, 1.82) is 0 Å². The number of sulfonamides is 1. The van der Waals surface area contributed by atoms with Crippen molar-refractivity contribution in [2.75, 3.05) is 6.54 Å². The predicted octanol–water partition coefficient (Wildman–Crippen LogP) is 4.56. The van der Waals surface area contributed by atoms with Crippen LogP contribution in [0, 0.1) is 23.2 Å². The number of nitrogens with one attached hydrogen (secondary N) is 3. The van der Waals surface area contributed by atoms with Crippen LogP contribution in [0.3, 0.4) is 0 Å². The van der Waals surface area contributed by atoms with E-state index >= 15 is 8.78 Å². The van der Waals surface area contributed by atoms with Gasteiger partial charge in [0.1, 0.15) is 29.8 Å². The molecule has 0 radical (unpaired) electrons. The van der Waals surface area contributed by atoms with E-state index in [9.17, 15) is 36.4 Å². The Morgan fingerprint density at radius 2 is 1.72 bits per heavy atom. The fourth-order valence-corrected chi connectivity index (χ4v) is 9.75. The number of carbonyl (C=O) groups is 4. The number of rotatable bonds is 7. The summed E-state index contributed by atoms with van der Waals surface area (Å²) in [6.07, 6.45) is -4.77. The molecule has 0 unspecified atom stereocenters. The van der Waals surface area contributed by atoms with Gasteiger partial charge < -0.3 is 25.0 Å². The second kappa shape index (κ2) is 14.8. The fourth-order valence-electron chi connectivity index (χ4n) is 8.38. The van der Waals surface area contributed by atoms with Gasteiger partial charge in [-0.15, -0.1) is 0 Å². The molecule has 3 N–H and O–H groups in total. The molecule has 1 aromatic carbocycles. The highest BCUT2D eigenvalue weighted by Crippen LogP contribution is 2.49. The van der Waals surface area contributed by atoms with E-state index in [4.69, 9.17) is 9.47 Å². The van der Waals surface area contributed by atoms with Gasteiger partial charge in [-0.1, -0.05) is 39.8 Å². The summed E-state index contributed by atoms with van der Waals surface area (Å²) >= 11 is 0. The van der Waals surface area contributed by atoms with Crippen LogP contribution in [0.15, 0.2) is 24.3 Å². The first-order valence-electron chi connectivity index (χ1n) is 19.5. The Balaban J connectivity index is 1.29. The third-order valence-corrected chi connectivity index (χ3v) is 13.8. The van der Waals surface area contributed by atoms with Gasteiger partial charge in [-0.25, -0.2) is 32.0 Å². The number of para-hydroxylation sites is 2. The van der Waals surface area contributed by atoms with E-state index in [0.29, 0.717) is 19.3 Å². The summed E-state index contributed by atoms with van der Waals surface area (Å²) in [4.78, 5) is 65.8.